The number of benzene rings is 3. The van der Waals surface area contributed by atoms with Gasteiger partial charge in [-0.1, -0.05) is 23.7 Å². The summed E-state index contributed by atoms with van der Waals surface area (Å²) in [4.78, 5) is 20.1. The zero-order chi connectivity index (χ0) is 30.3. The minimum absolute atomic E-state index is 0.284. The molecule has 43 heavy (non-hydrogen) atoms. The van der Waals surface area contributed by atoms with Gasteiger partial charge in [0.25, 0.3) is 0 Å². The molecule has 3 aromatic carbocycles. The highest BCUT2D eigenvalue weighted by atomic mass is 35.5. The summed E-state index contributed by atoms with van der Waals surface area (Å²) in [5.41, 5.74) is 5.60. The van der Waals surface area contributed by atoms with Crippen LogP contribution in [0.25, 0.3) is 42.8 Å². The minimum atomic E-state index is -1.16. The quantitative estimate of drug-likeness (QED) is 0.215. The number of carboxylic acids is 1. The van der Waals surface area contributed by atoms with Crippen LogP contribution in [0, 0.1) is 12.3 Å². The van der Waals surface area contributed by atoms with Crippen LogP contribution in [0.3, 0.4) is 0 Å². The molecule has 5 aromatic rings. The zero-order valence-corrected chi connectivity index (χ0v) is 26.3. The number of rotatable bonds is 6. The fourth-order valence-electron chi connectivity index (χ4n) is 6.26. The highest BCUT2D eigenvalue weighted by molar-refractivity contribution is 7.22. The Morgan fingerprint density at radius 3 is 2.44 bits per heavy atom. The van der Waals surface area contributed by atoms with Crippen LogP contribution < -0.4 is 4.90 Å². The predicted octanol–water partition coefficient (Wildman–Crippen LogP) is 7.26. The van der Waals surface area contributed by atoms with Gasteiger partial charge >= 0.3 is 5.97 Å². The van der Waals surface area contributed by atoms with Crippen molar-refractivity contribution in [3.63, 3.8) is 0 Å². The number of carboxylic acid groups (broad SMARTS) is 1. The van der Waals surface area contributed by atoms with E-state index < -0.39 is 17.7 Å². The number of thiazole rings is 1. The lowest BCUT2D eigenvalue weighted by atomic mass is 9.78. The molecule has 0 saturated carbocycles. The summed E-state index contributed by atoms with van der Waals surface area (Å²) in [7, 11) is 1.98. The number of hydrogen-bond donors (Lipinski definition) is 1. The van der Waals surface area contributed by atoms with Crippen molar-refractivity contribution in [1.82, 2.24) is 14.8 Å². The van der Waals surface area contributed by atoms with Crippen molar-refractivity contribution >= 4 is 55.8 Å². The van der Waals surface area contributed by atoms with Gasteiger partial charge in [0, 0.05) is 47.2 Å². The second kappa shape index (κ2) is 10.0. The number of aryl methyl sites for hydroxylation is 2. The highest BCUT2D eigenvalue weighted by Crippen LogP contribution is 2.46. The second-order valence-corrected chi connectivity index (χ2v) is 14.3. The van der Waals surface area contributed by atoms with Gasteiger partial charge in [0.2, 0.25) is 0 Å². The Balaban J connectivity index is 1.38. The number of fused-ring (bicyclic) bond motifs is 2. The molecule has 0 aliphatic carbocycles. The van der Waals surface area contributed by atoms with Crippen LogP contribution in [0.2, 0.25) is 5.02 Å². The molecule has 7 rings (SSSR count). The summed E-state index contributed by atoms with van der Waals surface area (Å²) in [6.45, 7) is 11.1. The third kappa shape index (κ3) is 4.88. The number of aliphatic carboxylic acids is 1. The molecule has 1 atom stereocenters. The van der Waals surface area contributed by atoms with Crippen molar-refractivity contribution in [2.24, 2.45) is 12.5 Å². The SMILES string of the molecule is Cc1cc2nc(-c3ccc4c(c3)c(N3CC5(COC5)C3)nn4C)sc2c(-c2ccc(Cl)cc2)c1C(OC(C)(C)C)C(=O)O. The molecule has 1 unspecified atom stereocenters. The molecule has 2 aliphatic heterocycles. The molecule has 8 nitrogen and oxygen atoms in total. The number of hydrogen-bond acceptors (Lipinski definition) is 7. The van der Waals surface area contributed by atoms with Crippen molar-refractivity contribution in [3.8, 4) is 21.7 Å². The summed E-state index contributed by atoms with van der Waals surface area (Å²) < 4.78 is 14.5. The van der Waals surface area contributed by atoms with Crippen molar-refractivity contribution in [3.05, 3.63) is 64.7 Å². The van der Waals surface area contributed by atoms with Crippen LogP contribution in [-0.4, -0.2) is 57.7 Å². The normalized spacial score (nSPS) is 16.9. The Morgan fingerprint density at radius 1 is 1.12 bits per heavy atom. The van der Waals surface area contributed by atoms with E-state index in [1.165, 1.54) is 0 Å². The van der Waals surface area contributed by atoms with Crippen molar-refractivity contribution < 1.29 is 19.4 Å². The van der Waals surface area contributed by atoms with Gasteiger partial charge in [-0.2, -0.15) is 5.10 Å². The summed E-state index contributed by atoms with van der Waals surface area (Å²) >= 11 is 7.81. The van der Waals surface area contributed by atoms with Crippen LogP contribution in [0.4, 0.5) is 5.82 Å². The Kier molecular flexibility index (Phi) is 6.59. The number of aromatic nitrogens is 3. The van der Waals surface area contributed by atoms with E-state index in [4.69, 9.17) is 31.2 Å². The first-order chi connectivity index (χ1) is 20.4. The Hall–Kier alpha value is -3.50. The first-order valence-electron chi connectivity index (χ1n) is 14.3. The molecule has 2 aliphatic rings. The van der Waals surface area contributed by atoms with Crippen LogP contribution >= 0.6 is 22.9 Å². The van der Waals surface area contributed by atoms with E-state index in [1.807, 2.05) is 69.8 Å². The third-order valence-electron chi connectivity index (χ3n) is 8.26. The fraction of sp³-hybridized carbons (Fsp3) is 0.364. The molecule has 10 heteroatoms. The van der Waals surface area contributed by atoms with Crippen molar-refractivity contribution in [1.29, 1.82) is 0 Å². The van der Waals surface area contributed by atoms with E-state index in [2.05, 4.69) is 23.1 Å². The standard InChI is InChI=1S/C33H33ClN4O4S/c1-18-12-23-28(26(19-6-9-21(34)10-7-19)25(18)27(31(39)40)42-32(2,3)4)43-30(35-23)20-8-11-24-22(13-20)29(36-37(24)5)38-14-33(15-38)16-41-17-33/h6-13,27H,14-17H2,1-5H3,(H,39,40). The summed E-state index contributed by atoms with van der Waals surface area (Å²) in [5.74, 6) is -0.0466. The number of nitrogens with zero attached hydrogens (tertiary/aromatic N) is 4. The molecule has 1 spiro atoms. The third-order valence-corrected chi connectivity index (χ3v) is 9.65. The monoisotopic (exact) mass is 616 g/mol. The van der Waals surface area contributed by atoms with E-state index in [0.717, 1.165) is 80.5 Å². The first kappa shape index (κ1) is 28.3. The maximum absolute atomic E-state index is 12.7. The van der Waals surface area contributed by atoms with E-state index in [1.54, 1.807) is 11.3 Å². The lowest BCUT2D eigenvalue weighted by molar-refractivity contribution is -0.160. The van der Waals surface area contributed by atoms with E-state index in [-0.39, 0.29) is 5.41 Å². The average molecular weight is 617 g/mol. The van der Waals surface area contributed by atoms with Gasteiger partial charge in [-0.25, -0.2) is 9.78 Å². The Morgan fingerprint density at radius 2 is 1.81 bits per heavy atom. The second-order valence-electron chi connectivity index (χ2n) is 12.8. The van der Waals surface area contributed by atoms with Gasteiger partial charge < -0.3 is 19.5 Å². The van der Waals surface area contributed by atoms with E-state index >= 15 is 0 Å². The van der Waals surface area contributed by atoms with Crippen molar-refractivity contribution in [2.75, 3.05) is 31.2 Å². The molecule has 0 bridgehead atoms. The van der Waals surface area contributed by atoms with Gasteiger partial charge in [-0.05, 0) is 75.2 Å². The average Bonchev–Trinajstić information content (AvgIpc) is 3.46. The molecule has 0 amide bonds. The predicted molar refractivity (Wildman–Crippen MR) is 171 cm³/mol. The number of carbonyl (C=O) groups is 1. The molecule has 2 fully saturated rings. The fourth-order valence-corrected chi connectivity index (χ4v) is 7.51. The molecule has 222 valence electrons. The van der Waals surface area contributed by atoms with E-state index in [0.29, 0.717) is 10.6 Å². The number of halogens is 1. The van der Waals surface area contributed by atoms with Crippen LogP contribution in [0.5, 0.6) is 0 Å². The van der Waals surface area contributed by atoms with Crippen LogP contribution in [0.15, 0.2) is 48.5 Å². The molecule has 2 saturated heterocycles. The summed E-state index contributed by atoms with van der Waals surface area (Å²) in [6.07, 6.45) is -1.16. The molecular weight excluding hydrogens is 584 g/mol. The largest absolute Gasteiger partial charge is 0.479 e. The number of anilines is 1. The van der Waals surface area contributed by atoms with Gasteiger partial charge in [0.15, 0.2) is 11.9 Å². The topological polar surface area (TPSA) is 89.7 Å². The maximum atomic E-state index is 12.7. The first-order valence-corrected chi connectivity index (χ1v) is 15.5. The summed E-state index contributed by atoms with van der Waals surface area (Å²) in [6, 6.07) is 15.8. The Labute approximate surface area is 258 Å². The van der Waals surface area contributed by atoms with Crippen LogP contribution in [-0.2, 0) is 21.3 Å². The van der Waals surface area contributed by atoms with Gasteiger partial charge in [-0.15, -0.1) is 11.3 Å². The summed E-state index contributed by atoms with van der Waals surface area (Å²) in [5, 5.41) is 17.8. The van der Waals surface area contributed by atoms with Crippen LogP contribution in [0.1, 0.15) is 38.0 Å². The lowest BCUT2D eigenvalue weighted by Gasteiger charge is -2.55. The number of ether oxygens (including phenoxy) is 2. The Bertz CT molecular complexity index is 1890. The smallest absolute Gasteiger partial charge is 0.337 e. The van der Waals surface area contributed by atoms with Crippen molar-refractivity contribution in [2.45, 2.75) is 39.4 Å². The van der Waals surface area contributed by atoms with Gasteiger partial charge in [-0.3, -0.25) is 4.68 Å². The van der Waals surface area contributed by atoms with Gasteiger partial charge in [0.05, 0.1) is 40.0 Å². The minimum Gasteiger partial charge on any atom is -0.479 e. The van der Waals surface area contributed by atoms with Gasteiger partial charge in [0.1, 0.15) is 5.01 Å². The molecule has 0 radical (unpaired) electrons. The van der Waals surface area contributed by atoms with E-state index in [9.17, 15) is 9.90 Å². The lowest BCUT2D eigenvalue weighted by Crippen LogP contribution is -2.66. The maximum Gasteiger partial charge on any atom is 0.337 e. The highest BCUT2D eigenvalue weighted by Gasteiger charge is 2.50. The zero-order valence-electron chi connectivity index (χ0n) is 24.8. The molecule has 4 heterocycles. The molecule has 2 aromatic heterocycles. The molecule has 1 N–H and O–H groups in total. The molecular formula is C33H33ClN4O4S.